The average molecular weight is 336 g/mol. The molecular weight excluding hydrogens is 322 g/mol. The lowest BCUT2D eigenvalue weighted by Gasteiger charge is -2.11. The molecule has 0 fully saturated rings. The van der Waals surface area contributed by atoms with Gasteiger partial charge < -0.3 is 0 Å². The maximum Gasteiger partial charge on any atom is 0.287 e. The van der Waals surface area contributed by atoms with Gasteiger partial charge in [0.25, 0.3) is 5.69 Å². The molecule has 0 saturated heterocycles. The maximum absolute atomic E-state index is 12.2. The first kappa shape index (κ1) is 15.1. The second kappa shape index (κ2) is 6.29. The van der Waals surface area contributed by atoms with E-state index >= 15 is 0 Å². The fourth-order valence-electron chi connectivity index (χ4n) is 1.54. The van der Waals surface area contributed by atoms with Gasteiger partial charge in [0.1, 0.15) is 4.90 Å². The third-order valence-electron chi connectivity index (χ3n) is 2.65. The Bertz CT molecular complexity index is 526. The molecule has 5 nitrogen and oxygen atoms in total. The third-order valence-corrected chi connectivity index (χ3v) is 5.49. The number of sulfone groups is 1. The molecule has 1 rings (SSSR count). The molecule has 7 heteroatoms. The van der Waals surface area contributed by atoms with Crippen LogP contribution in [0.25, 0.3) is 0 Å². The lowest BCUT2D eigenvalue weighted by Crippen LogP contribution is -2.18. The van der Waals surface area contributed by atoms with Gasteiger partial charge in [-0.2, -0.15) is 0 Å². The van der Waals surface area contributed by atoms with Crippen LogP contribution < -0.4 is 0 Å². The fraction of sp³-hybridized carbons (Fsp3) is 0.455. The molecule has 0 N–H and O–H groups in total. The number of hydrogen-bond donors (Lipinski definition) is 0. The highest BCUT2D eigenvalue weighted by molar-refractivity contribution is 9.09. The van der Waals surface area contributed by atoms with Gasteiger partial charge in [0.2, 0.25) is 0 Å². The Balaban J connectivity index is 3.16. The summed E-state index contributed by atoms with van der Waals surface area (Å²) in [7, 11) is -3.63. The van der Waals surface area contributed by atoms with Gasteiger partial charge in [-0.3, -0.25) is 10.1 Å². The van der Waals surface area contributed by atoms with E-state index in [2.05, 4.69) is 15.9 Å². The molecule has 0 spiro atoms. The summed E-state index contributed by atoms with van der Waals surface area (Å²) in [6.07, 6.45) is 0.700. The highest BCUT2D eigenvalue weighted by atomic mass is 79.9. The summed E-state index contributed by atoms with van der Waals surface area (Å²) >= 11 is 3.25. The van der Waals surface area contributed by atoms with Gasteiger partial charge in [-0.05, 0) is 12.0 Å². The molecule has 0 bridgehead atoms. The van der Waals surface area contributed by atoms with Crippen LogP contribution in [-0.4, -0.2) is 24.4 Å². The predicted molar refractivity (Wildman–Crippen MR) is 72.7 cm³/mol. The van der Waals surface area contributed by atoms with Gasteiger partial charge in [-0.25, -0.2) is 8.42 Å². The van der Waals surface area contributed by atoms with Crippen molar-refractivity contribution in [1.29, 1.82) is 0 Å². The van der Waals surface area contributed by atoms with Crippen LogP contribution in [0.2, 0.25) is 0 Å². The van der Waals surface area contributed by atoms with Crippen molar-refractivity contribution in [3.63, 3.8) is 0 Å². The van der Waals surface area contributed by atoms with E-state index in [1.165, 1.54) is 24.3 Å². The number of nitro groups is 1. The van der Waals surface area contributed by atoms with Gasteiger partial charge in [0.05, 0.1) is 10.7 Å². The molecule has 0 heterocycles. The van der Waals surface area contributed by atoms with Crippen LogP contribution in [0.3, 0.4) is 0 Å². The summed E-state index contributed by atoms with van der Waals surface area (Å²) in [5, 5.41) is 11.4. The fourth-order valence-corrected chi connectivity index (χ4v) is 4.43. The van der Waals surface area contributed by atoms with E-state index in [0.29, 0.717) is 11.8 Å². The van der Waals surface area contributed by atoms with Gasteiger partial charge in [-0.15, -0.1) is 0 Å². The molecule has 0 aromatic heterocycles. The number of halogens is 1. The molecule has 0 saturated carbocycles. The summed E-state index contributed by atoms with van der Waals surface area (Å²) in [6.45, 7) is 1.89. The van der Waals surface area contributed by atoms with Crippen molar-refractivity contribution in [2.45, 2.75) is 18.2 Å². The molecule has 0 aliphatic carbocycles. The number of alkyl halides is 1. The van der Waals surface area contributed by atoms with E-state index in [0.717, 1.165) is 0 Å². The van der Waals surface area contributed by atoms with Crippen LogP contribution >= 0.6 is 15.9 Å². The van der Waals surface area contributed by atoms with Crippen LogP contribution in [0.4, 0.5) is 5.69 Å². The summed E-state index contributed by atoms with van der Waals surface area (Å²) in [5.74, 6) is -0.130. The molecule has 0 aliphatic heterocycles. The van der Waals surface area contributed by atoms with Crippen LogP contribution in [0.5, 0.6) is 0 Å². The van der Waals surface area contributed by atoms with Crippen molar-refractivity contribution in [2.75, 3.05) is 11.1 Å². The van der Waals surface area contributed by atoms with Crippen LogP contribution in [0.1, 0.15) is 13.3 Å². The summed E-state index contributed by atoms with van der Waals surface area (Å²) in [6, 6.07) is 5.45. The van der Waals surface area contributed by atoms with Crippen molar-refractivity contribution in [3.05, 3.63) is 34.4 Å². The molecule has 0 aliphatic rings. The highest BCUT2D eigenvalue weighted by Crippen LogP contribution is 2.26. The summed E-state index contributed by atoms with van der Waals surface area (Å²) < 4.78 is 24.3. The molecule has 1 aromatic rings. The summed E-state index contributed by atoms with van der Waals surface area (Å²) in [4.78, 5) is 9.96. The van der Waals surface area contributed by atoms with E-state index in [1.54, 1.807) is 0 Å². The average Bonchev–Trinajstić information content (AvgIpc) is 2.36. The Morgan fingerprint density at radius 2 is 2.00 bits per heavy atom. The van der Waals surface area contributed by atoms with Crippen LogP contribution in [0.15, 0.2) is 29.2 Å². The predicted octanol–water partition coefficient (Wildman–Crippen LogP) is 2.79. The lowest BCUT2D eigenvalue weighted by atomic mass is 10.2. The van der Waals surface area contributed by atoms with E-state index in [9.17, 15) is 18.5 Å². The second-order valence-corrected chi connectivity index (χ2v) is 6.58. The van der Waals surface area contributed by atoms with Crippen molar-refractivity contribution in [1.82, 2.24) is 0 Å². The number of hydrogen-bond acceptors (Lipinski definition) is 4. The largest absolute Gasteiger partial charge is 0.287 e. The van der Waals surface area contributed by atoms with E-state index in [-0.39, 0.29) is 22.3 Å². The van der Waals surface area contributed by atoms with Crippen LogP contribution in [0, 0.1) is 16.0 Å². The minimum atomic E-state index is -3.63. The van der Waals surface area contributed by atoms with Gasteiger partial charge in [-0.1, -0.05) is 41.4 Å². The van der Waals surface area contributed by atoms with E-state index < -0.39 is 14.8 Å². The lowest BCUT2D eigenvalue weighted by molar-refractivity contribution is -0.387. The van der Waals surface area contributed by atoms with Crippen molar-refractivity contribution in [3.8, 4) is 0 Å². The minimum absolute atomic E-state index is 0.0465. The quantitative estimate of drug-likeness (QED) is 0.455. The molecule has 1 unspecified atom stereocenters. The Morgan fingerprint density at radius 3 is 2.50 bits per heavy atom. The topological polar surface area (TPSA) is 77.3 Å². The Hall–Kier alpha value is -0.950. The molecule has 1 aromatic carbocycles. The van der Waals surface area contributed by atoms with Crippen molar-refractivity contribution < 1.29 is 13.3 Å². The molecule has 100 valence electrons. The normalized spacial score (nSPS) is 13.2. The zero-order chi connectivity index (χ0) is 13.8. The van der Waals surface area contributed by atoms with Crippen LogP contribution in [-0.2, 0) is 9.84 Å². The number of rotatable bonds is 6. The number of benzene rings is 1. The van der Waals surface area contributed by atoms with Gasteiger partial charge >= 0.3 is 0 Å². The van der Waals surface area contributed by atoms with Gasteiger partial charge in [0, 0.05) is 11.4 Å². The monoisotopic (exact) mass is 335 g/mol. The maximum atomic E-state index is 12.2. The first-order valence-electron chi connectivity index (χ1n) is 5.44. The zero-order valence-electron chi connectivity index (χ0n) is 9.87. The van der Waals surface area contributed by atoms with Crippen molar-refractivity contribution in [2.24, 2.45) is 5.92 Å². The number of para-hydroxylation sites is 1. The third kappa shape index (κ3) is 3.52. The van der Waals surface area contributed by atoms with Crippen molar-refractivity contribution >= 4 is 31.5 Å². The standard InChI is InChI=1S/C11H14BrNO4S/c1-2-9(7-12)8-18(16,17)11-6-4-3-5-10(11)13(14)15/h3-6,9H,2,7-8H2,1H3. The van der Waals surface area contributed by atoms with E-state index in [4.69, 9.17) is 0 Å². The Morgan fingerprint density at radius 1 is 1.39 bits per heavy atom. The smallest absolute Gasteiger partial charge is 0.258 e. The SMILES string of the molecule is CCC(CBr)CS(=O)(=O)c1ccccc1[N+](=O)[O-]. The number of nitrogens with zero attached hydrogens (tertiary/aromatic N) is 1. The van der Waals surface area contributed by atoms with E-state index in [1.807, 2.05) is 6.92 Å². The Kier molecular flexibility index (Phi) is 5.28. The highest BCUT2D eigenvalue weighted by Gasteiger charge is 2.27. The first-order chi connectivity index (χ1) is 8.42. The molecule has 1 atom stereocenters. The molecule has 18 heavy (non-hydrogen) atoms. The second-order valence-electron chi connectivity index (χ2n) is 3.93. The minimum Gasteiger partial charge on any atom is -0.258 e. The molecule has 0 radical (unpaired) electrons. The first-order valence-corrected chi connectivity index (χ1v) is 8.22. The number of nitro benzene ring substituents is 1. The summed E-state index contributed by atoms with van der Waals surface area (Å²) in [5.41, 5.74) is -0.359. The zero-order valence-corrected chi connectivity index (χ0v) is 12.3. The Labute approximate surface area is 114 Å². The van der Waals surface area contributed by atoms with Gasteiger partial charge in [0.15, 0.2) is 9.84 Å². The molecule has 0 amide bonds. The molecular formula is C11H14BrNO4S.